The number of ether oxygens (including phenoxy) is 2. The van der Waals surface area contributed by atoms with Crippen LogP contribution in [0.25, 0.3) is 11.0 Å². The van der Waals surface area contributed by atoms with E-state index >= 15 is 0 Å². The van der Waals surface area contributed by atoms with E-state index < -0.39 is 17.8 Å². The number of hydrogen-bond donors (Lipinski definition) is 2. The van der Waals surface area contributed by atoms with Gasteiger partial charge in [0, 0.05) is 5.56 Å². The number of nitrogens with zero attached hydrogens (tertiary/aromatic N) is 2. The average Bonchev–Trinajstić information content (AvgIpc) is 3.14. The van der Waals surface area contributed by atoms with Crippen LogP contribution in [-0.4, -0.2) is 47.5 Å². The van der Waals surface area contributed by atoms with Crippen molar-refractivity contribution in [3.63, 3.8) is 0 Å². The van der Waals surface area contributed by atoms with Gasteiger partial charge in [-0.25, -0.2) is 9.59 Å². The van der Waals surface area contributed by atoms with Crippen LogP contribution < -0.4 is 5.32 Å². The molecule has 0 aliphatic carbocycles. The lowest BCUT2D eigenvalue weighted by molar-refractivity contribution is 0.0587. The highest BCUT2D eigenvalue weighted by Gasteiger charge is 2.18. The molecule has 0 aliphatic heterocycles. The number of carbonyl (C=O) groups excluding carboxylic acids is 3. The number of methoxy groups -OCH3 is 2. The number of carbonyl (C=O) groups is 3. The summed E-state index contributed by atoms with van der Waals surface area (Å²) in [7, 11) is 2.46. The van der Waals surface area contributed by atoms with E-state index in [1.165, 1.54) is 32.4 Å². The summed E-state index contributed by atoms with van der Waals surface area (Å²) >= 11 is 0. The molecular weight excluding hydrogens is 340 g/mol. The van der Waals surface area contributed by atoms with E-state index in [4.69, 9.17) is 4.74 Å². The summed E-state index contributed by atoms with van der Waals surface area (Å²) in [6, 6.07) is 8.91. The number of amides is 1. The molecule has 3 rings (SSSR count). The summed E-state index contributed by atoms with van der Waals surface area (Å²) < 4.78 is 9.37. The molecule has 0 atom stereocenters. The molecule has 0 bridgehead atoms. The summed E-state index contributed by atoms with van der Waals surface area (Å²) in [5, 5.41) is 12.9. The van der Waals surface area contributed by atoms with Crippen molar-refractivity contribution in [2.75, 3.05) is 19.5 Å². The van der Waals surface area contributed by atoms with Gasteiger partial charge in [-0.05, 0) is 36.4 Å². The van der Waals surface area contributed by atoms with E-state index in [0.717, 1.165) is 0 Å². The van der Waals surface area contributed by atoms with E-state index in [1.807, 2.05) is 0 Å². The third-order valence-corrected chi connectivity index (χ3v) is 3.67. The van der Waals surface area contributed by atoms with Crippen LogP contribution in [0.5, 0.6) is 0 Å². The first-order chi connectivity index (χ1) is 12.5. The van der Waals surface area contributed by atoms with E-state index in [-0.39, 0.29) is 16.8 Å². The Bertz CT molecular complexity index is 1010. The topological polar surface area (TPSA) is 123 Å². The molecule has 2 aromatic carbocycles. The van der Waals surface area contributed by atoms with Crippen molar-refractivity contribution in [2.24, 2.45) is 0 Å². The van der Waals surface area contributed by atoms with Gasteiger partial charge in [-0.2, -0.15) is 15.4 Å². The minimum atomic E-state index is -0.649. The fourth-order valence-electron chi connectivity index (χ4n) is 2.36. The molecule has 0 unspecified atom stereocenters. The summed E-state index contributed by atoms with van der Waals surface area (Å²) in [4.78, 5) is 36.2. The zero-order valence-corrected chi connectivity index (χ0v) is 13.9. The molecule has 0 fully saturated rings. The summed E-state index contributed by atoms with van der Waals surface area (Å²) in [6.07, 6.45) is 0. The van der Waals surface area contributed by atoms with Gasteiger partial charge in [0.05, 0.1) is 31.0 Å². The highest BCUT2D eigenvalue weighted by molar-refractivity contribution is 6.09. The number of hydrogen-bond acceptors (Lipinski definition) is 7. The second-order valence-electron chi connectivity index (χ2n) is 5.22. The Morgan fingerprint density at radius 1 is 0.885 bits per heavy atom. The summed E-state index contributed by atoms with van der Waals surface area (Å²) in [5.74, 6) is -1.73. The van der Waals surface area contributed by atoms with Gasteiger partial charge in [0.2, 0.25) is 0 Å². The molecule has 0 radical (unpaired) electrons. The van der Waals surface area contributed by atoms with Crippen molar-refractivity contribution in [3.05, 3.63) is 53.1 Å². The standard InChI is InChI=1S/C17H14N4O5/c1-25-16(23)10-3-5-11(17(24)26-2)13(8-10)18-15(22)9-4-6-12-14(7-9)20-21-19-12/h3-8H,1-2H3,(H,18,22)(H,19,20,21). The molecule has 26 heavy (non-hydrogen) atoms. The number of aromatic nitrogens is 3. The Kier molecular flexibility index (Phi) is 4.61. The number of benzene rings is 2. The van der Waals surface area contributed by atoms with Crippen LogP contribution in [0, 0.1) is 0 Å². The van der Waals surface area contributed by atoms with Crippen LogP contribution in [0.2, 0.25) is 0 Å². The van der Waals surface area contributed by atoms with Crippen molar-refractivity contribution in [1.29, 1.82) is 0 Å². The van der Waals surface area contributed by atoms with Crippen LogP contribution in [0.4, 0.5) is 5.69 Å². The maximum atomic E-state index is 12.6. The predicted molar refractivity (Wildman–Crippen MR) is 91.0 cm³/mol. The molecule has 1 aromatic heterocycles. The zero-order valence-electron chi connectivity index (χ0n) is 13.9. The molecule has 9 nitrogen and oxygen atoms in total. The number of H-pyrrole nitrogens is 1. The Labute approximate surface area is 147 Å². The van der Waals surface area contributed by atoms with Gasteiger partial charge in [-0.15, -0.1) is 0 Å². The number of esters is 2. The lowest BCUT2D eigenvalue weighted by Gasteiger charge is -2.11. The first-order valence-electron chi connectivity index (χ1n) is 7.46. The summed E-state index contributed by atoms with van der Waals surface area (Å²) in [6.45, 7) is 0. The molecule has 2 N–H and O–H groups in total. The molecule has 132 valence electrons. The molecule has 9 heteroatoms. The number of aromatic amines is 1. The highest BCUT2D eigenvalue weighted by atomic mass is 16.5. The van der Waals surface area contributed by atoms with Gasteiger partial charge in [0.15, 0.2) is 0 Å². The Morgan fingerprint density at radius 3 is 2.31 bits per heavy atom. The molecule has 0 aliphatic rings. The van der Waals surface area contributed by atoms with Crippen molar-refractivity contribution >= 4 is 34.6 Å². The number of anilines is 1. The van der Waals surface area contributed by atoms with Crippen LogP contribution in [0.1, 0.15) is 31.1 Å². The largest absolute Gasteiger partial charge is 0.465 e. The van der Waals surface area contributed by atoms with Crippen LogP contribution in [-0.2, 0) is 9.47 Å². The van der Waals surface area contributed by atoms with Crippen molar-refractivity contribution in [3.8, 4) is 0 Å². The Balaban J connectivity index is 1.96. The lowest BCUT2D eigenvalue weighted by atomic mass is 10.1. The predicted octanol–water partition coefficient (Wildman–Crippen LogP) is 1.78. The molecule has 1 amide bonds. The van der Waals surface area contributed by atoms with Crippen LogP contribution in [0.3, 0.4) is 0 Å². The number of fused-ring (bicyclic) bond motifs is 1. The van der Waals surface area contributed by atoms with Crippen molar-refractivity contribution in [1.82, 2.24) is 15.4 Å². The van der Waals surface area contributed by atoms with E-state index in [9.17, 15) is 14.4 Å². The quantitative estimate of drug-likeness (QED) is 0.685. The number of nitrogens with one attached hydrogen (secondary N) is 2. The van der Waals surface area contributed by atoms with Gasteiger partial charge in [0.25, 0.3) is 5.91 Å². The van der Waals surface area contributed by atoms with Crippen molar-refractivity contribution in [2.45, 2.75) is 0 Å². The van der Waals surface area contributed by atoms with Gasteiger partial charge in [-0.3, -0.25) is 4.79 Å². The zero-order chi connectivity index (χ0) is 18.7. The van der Waals surface area contributed by atoms with E-state index in [0.29, 0.717) is 16.6 Å². The average molecular weight is 354 g/mol. The highest BCUT2D eigenvalue weighted by Crippen LogP contribution is 2.21. The maximum Gasteiger partial charge on any atom is 0.339 e. The second-order valence-corrected chi connectivity index (χ2v) is 5.22. The fraction of sp³-hybridized carbons (Fsp3) is 0.118. The van der Waals surface area contributed by atoms with Crippen molar-refractivity contribution < 1.29 is 23.9 Å². The Hall–Kier alpha value is -3.75. The molecule has 0 saturated heterocycles. The lowest BCUT2D eigenvalue weighted by Crippen LogP contribution is -2.16. The normalized spacial score (nSPS) is 10.4. The van der Waals surface area contributed by atoms with Crippen LogP contribution >= 0.6 is 0 Å². The molecular formula is C17H14N4O5. The molecule has 3 aromatic rings. The number of rotatable bonds is 4. The summed E-state index contributed by atoms with van der Waals surface area (Å²) in [5.41, 5.74) is 1.87. The monoisotopic (exact) mass is 354 g/mol. The Morgan fingerprint density at radius 2 is 1.58 bits per heavy atom. The second kappa shape index (κ2) is 7.01. The SMILES string of the molecule is COC(=O)c1ccc(C(=O)OC)c(NC(=O)c2ccc3n[nH]nc3c2)c1. The maximum absolute atomic E-state index is 12.6. The van der Waals surface area contributed by atoms with Gasteiger partial charge < -0.3 is 14.8 Å². The molecule has 0 spiro atoms. The fourth-order valence-corrected chi connectivity index (χ4v) is 2.36. The third-order valence-electron chi connectivity index (χ3n) is 3.67. The van der Waals surface area contributed by atoms with E-state index in [2.05, 4.69) is 25.5 Å². The first-order valence-corrected chi connectivity index (χ1v) is 7.46. The van der Waals surface area contributed by atoms with Gasteiger partial charge in [0.1, 0.15) is 11.0 Å². The first kappa shape index (κ1) is 17.1. The van der Waals surface area contributed by atoms with E-state index in [1.54, 1.807) is 18.2 Å². The van der Waals surface area contributed by atoms with Gasteiger partial charge in [-0.1, -0.05) is 0 Å². The molecule has 1 heterocycles. The smallest absolute Gasteiger partial charge is 0.339 e. The minimum Gasteiger partial charge on any atom is -0.465 e. The van der Waals surface area contributed by atoms with Crippen LogP contribution in [0.15, 0.2) is 36.4 Å². The van der Waals surface area contributed by atoms with Gasteiger partial charge >= 0.3 is 11.9 Å². The molecule has 0 saturated carbocycles. The third kappa shape index (κ3) is 3.22. The minimum absolute atomic E-state index is 0.107.